The molecule has 1 N–H and O–H groups in total. The lowest BCUT2D eigenvalue weighted by molar-refractivity contribution is -0.130. The maximum absolute atomic E-state index is 15.1. The molecule has 2 fully saturated rings. The lowest BCUT2D eigenvalue weighted by Gasteiger charge is -2.40. The van der Waals surface area contributed by atoms with E-state index >= 15 is 4.79 Å². The van der Waals surface area contributed by atoms with Crippen LogP contribution in [0.5, 0.6) is 0 Å². The van der Waals surface area contributed by atoms with Crippen LogP contribution < -0.4 is 10.2 Å². The highest BCUT2D eigenvalue weighted by Gasteiger charge is 2.42. The van der Waals surface area contributed by atoms with Crippen molar-refractivity contribution in [2.24, 2.45) is 5.92 Å². The third-order valence-electron chi connectivity index (χ3n) is 9.86. The van der Waals surface area contributed by atoms with Gasteiger partial charge in [-0.3, -0.25) is 19.4 Å². The Hall–Kier alpha value is -3.33. The zero-order valence-electron chi connectivity index (χ0n) is 27.8. The van der Waals surface area contributed by atoms with Crippen LogP contribution in [0.3, 0.4) is 0 Å². The normalized spacial score (nSPS) is 18.5. The van der Waals surface area contributed by atoms with Crippen molar-refractivity contribution >= 4 is 17.5 Å². The molecule has 2 aromatic rings. The highest BCUT2D eigenvalue weighted by atomic mass is 16.2. The van der Waals surface area contributed by atoms with E-state index in [9.17, 15) is 10.1 Å². The first-order chi connectivity index (χ1) is 21.1. The zero-order valence-corrected chi connectivity index (χ0v) is 27.8. The molecule has 2 saturated carbocycles. The first kappa shape index (κ1) is 33.6. The van der Waals surface area contributed by atoms with Gasteiger partial charge in [0.1, 0.15) is 12.1 Å². The summed E-state index contributed by atoms with van der Waals surface area (Å²) in [7, 11) is 1.67. The number of aryl methyl sites for hydroxylation is 1. The van der Waals surface area contributed by atoms with Crippen molar-refractivity contribution < 1.29 is 9.59 Å². The van der Waals surface area contributed by atoms with Gasteiger partial charge < -0.3 is 5.32 Å². The molecule has 2 aromatic carbocycles. The summed E-state index contributed by atoms with van der Waals surface area (Å²) in [5, 5.41) is 13.6. The summed E-state index contributed by atoms with van der Waals surface area (Å²) in [6.07, 6.45) is 16.4. The Balaban J connectivity index is 1.86. The van der Waals surface area contributed by atoms with Gasteiger partial charge in [0.25, 0.3) is 5.91 Å². The third-order valence-corrected chi connectivity index (χ3v) is 9.86. The van der Waals surface area contributed by atoms with Gasteiger partial charge in [0.2, 0.25) is 5.91 Å². The molecule has 6 heteroatoms. The fourth-order valence-corrected chi connectivity index (χ4v) is 7.19. The van der Waals surface area contributed by atoms with E-state index in [0.29, 0.717) is 0 Å². The smallest absolute Gasteiger partial charge is 0.255 e. The van der Waals surface area contributed by atoms with Gasteiger partial charge in [0.15, 0.2) is 6.19 Å². The Bertz CT molecular complexity index is 1260. The van der Waals surface area contributed by atoms with E-state index in [4.69, 9.17) is 0 Å². The molecule has 4 rings (SSSR count). The molecule has 238 valence electrons. The number of nitriles is 1. The van der Waals surface area contributed by atoms with Gasteiger partial charge in [-0.2, -0.15) is 5.26 Å². The van der Waals surface area contributed by atoms with Gasteiger partial charge in [-0.1, -0.05) is 115 Å². The van der Waals surface area contributed by atoms with E-state index in [0.717, 1.165) is 81.0 Å². The molecule has 0 saturated heterocycles. The Kier molecular flexibility index (Phi) is 11.9. The number of rotatable bonds is 8. The molecule has 0 spiro atoms. The average Bonchev–Trinajstić information content (AvgIpc) is 3.15. The summed E-state index contributed by atoms with van der Waals surface area (Å²) < 4.78 is 0. The molecule has 44 heavy (non-hydrogen) atoms. The van der Waals surface area contributed by atoms with Crippen molar-refractivity contribution in [2.75, 3.05) is 11.9 Å². The molecule has 0 aliphatic heterocycles. The summed E-state index contributed by atoms with van der Waals surface area (Å²) in [5.74, 6) is -0.235. The number of benzene rings is 2. The number of amides is 2. The van der Waals surface area contributed by atoms with Crippen molar-refractivity contribution in [1.82, 2.24) is 10.2 Å². The van der Waals surface area contributed by atoms with Gasteiger partial charge in [0.05, 0.1) is 0 Å². The van der Waals surface area contributed by atoms with Crippen LogP contribution in [0, 0.1) is 24.3 Å². The van der Waals surface area contributed by atoms with E-state index in [-0.39, 0.29) is 29.2 Å². The van der Waals surface area contributed by atoms with Crippen molar-refractivity contribution in [3.05, 3.63) is 65.2 Å². The van der Waals surface area contributed by atoms with Crippen LogP contribution >= 0.6 is 0 Å². The van der Waals surface area contributed by atoms with Crippen LogP contribution in [0.25, 0.3) is 0 Å². The van der Waals surface area contributed by atoms with Crippen LogP contribution in [0.2, 0.25) is 0 Å². The number of nitrogens with zero attached hydrogens (tertiary/aromatic N) is 3. The van der Waals surface area contributed by atoms with Crippen LogP contribution in [0.4, 0.5) is 5.69 Å². The van der Waals surface area contributed by atoms with Gasteiger partial charge in [-0.25, -0.2) is 0 Å². The molecular weight excluding hydrogens is 544 g/mol. The Morgan fingerprint density at radius 2 is 1.39 bits per heavy atom. The summed E-state index contributed by atoms with van der Waals surface area (Å²) >= 11 is 0. The predicted molar refractivity (Wildman–Crippen MR) is 179 cm³/mol. The molecular formula is C38H54N4O2. The van der Waals surface area contributed by atoms with Crippen LogP contribution in [-0.4, -0.2) is 35.8 Å². The maximum atomic E-state index is 15.1. The van der Waals surface area contributed by atoms with E-state index in [2.05, 4.69) is 44.4 Å². The zero-order chi connectivity index (χ0) is 31.7. The molecule has 2 aliphatic carbocycles. The number of nitrogens with one attached hydrogen (secondary N) is 1. The average molecular weight is 599 g/mol. The number of carbonyl (C=O) groups excluding carboxylic acids is 2. The molecule has 0 bridgehead atoms. The molecule has 2 atom stereocenters. The number of likely N-dealkylation sites (N-methyl/N-ethyl adjacent to an activating group) is 1. The van der Waals surface area contributed by atoms with Gasteiger partial charge >= 0.3 is 0 Å². The Morgan fingerprint density at radius 1 is 0.841 bits per heavy atom. The monoisotopic (exact) mass is 598 g/mol. The topological polar surface area (TPSA) is 76.4 Å². The minimum atomic E-state index is -0.843. The summed E-state index contributed by atoms with van der Waals surface area (Å²) in [6, 6.07) is 14.6. The minimum absolute atomic E-state index is 0.0350. The quantitative estimate of drug-likeness (QED) is 0.245. The van der Waals surface area contributed by atoms with E-state index in [1.54, 1.807) is 11.9 Å². The molecule has 2 amide bonds. The lowest BCUT2D eigenvalue weighted by atomic mass is 9.85. The molecule has 6 nitrogen and oxygen atoms in total. The van der Waals surface area contributed by atoms with Crippen molar-refractivity contribution in [1.29, 1.82) is 5.26 Å². The van der Waals surface area contributed by atoms with Crippen LogP contribution in [0.1, 0.15) is 127 Å². The highest BCUT2D eigenvalue weighted by molar-refractivity contribution is 6.04. The van der Waals surface area contributed by atoms with Gasteiger partial charge in [-0.05, 0) is 72.8 Å². The Labute approximate surface area is 266 Å². The molecule has 0 heterocycles. The fourth-order valence-electron chi connectivity index (χ4n) is 7.19. The van der Waals surface area contributed by atoms with E-state index < -0.39 is 12.1 Å². The standard InChI is InChI=1S/C38H54N4O2/c1-28-17-15-16-22-33(28)35(41(5)27-39)37(44)42(32-25-23-30(24-26-32)38(2,3)4)34(29-18-11-8-6-7-9-12-19-29)36(43)40-31-20-13-10-14-21-31/h15-17,22-26,29,31,34-35H,6-14,18-21H2,1-5H3,(H,40,43)/t34?,35-/m1/s1. The number of anilines is 1. The summed E-state index contributed by atoms with van der Waals surface area (Å²) in [5.41, 5.74) is 3.58. The second kappa shape index (κ2) is 15.6. The van der Waals surface area contributed by atoms with E-state index in [1.165, 1.54) is 29.7 Å². The number of hydrogen-bond acceptors (Lipinski definition) is 4. The summed E-state index contributed by atoms with van der Waals surface area (Å²) in [6.45, 7) is 8.52. The third kappa shape index (κ3) is 8.43. The highest BCUT2D eigenvalue weighted by Crippen LogP contribution is 2.36. The largest absolute Gasteiger partial charge is 0.352 e. The molecule has 1 unspecified atom stereocenters. The molecule has 0 aromatic heterocycles. The molecule has 2 aliphatic rings. The van der Waals surface area contributed by atoms with Crippen molar-refractivity contribution in [3.8, 4) is 6.19 Å². The molecule has 0 radical (unpaired) electrons. The first-order valence-corrected chi connectivity index (χ1v) is 17.0. The van der Waals surface area contributed by atoms with Gasteiger partial charge in [0, 0.05) is 18.8 Å². The second-order valence-corrected chi connectivity index (χ2v) is 14.2. The second-order valence-electron chi connectivity index (χ2n) is 14.2. The first-order valence-electron chi connectivity index (χ1n) is 17.0. The number of hydrogen-bond donors (Lipinski definition) is 1. The predicted octanol–water partition coefficient (Wildman–Crippen LogP) is 8.35. The van der Waals surface area contributed by atoms with Crippen molar-refractivity contribution in [3.63, 3.8) is 0 Å². The lowest BCUT2D eigenvalue weighted by Crippen LogP contribution is -2.57. The summed E-state index contributed by atoms with van der Waals surface area (Å²) in [4.78, 5) is 33.0. The van der Waals surface area contributed by atoms with Gasteiger partial charge in [-0.15, -0.1) is 0 Å². The number of carbonyl (C=O) groups is 2. The Morgan fingerprint density at radius 3 is 1.95 bits per heavy atom. The minimum Gasteiger partial charge on any atom is -0.352 e. The van der Waals surface area contributed by atoms with E-state index in [1.807, 2.05) is 43.3 Å². The van der Waals surface area contributed by atoms with Crippen LogP contribution in [0.15, 0.2) is 48.5 Å². The maximum Gasteiger partial charge on any atom is 0.255 e. The fraction of sp³-hybridized carbons (Fsp3) is 0.605. The van der Waals surface area contributed by atoms with Crippen LogP contribution in [-0.2, 0) is 15.0 Å². The SMILES string of the molecule is Cc1ccccc1[C@H](C(=O)N(c1ccc(C(C)(C)C)cc1)C(C(=O)NC1CCCCC1)C1CCCCCCCC1)N(C)C#N. The van der Waals surface area contributed by atoms with Crippen molar-refractivity contribution in [2.45, 2.75) is 135 Å².